The Labute approximate surface area is 160 Å². The first kappa shape index (κ1) is 18.6. The van der Waals surface area contributed by atoms with Crippen LogP contribution in [0.2, 0.25) is 5.02 Å². The molecule has 7 nitrogen and oxygen atoms in total. The molecule has 3 aromatic rings. The Hall–Kier alpha value is -3.19. The second-order valence-corrected chi connectivity index (χ2v) is 5.74. The Morgan fingerprint density at radius 2 is 1.74 bits per heavy atom. The summed E-state index contributed by atoms with van der Waals surface area (Å²) >= 11 is 6.07. The lowest BCUT2D eigenvalue weighted by Gasteiger charge is -2.12. The molecule has 0 radical (unpaired) electrons. The Morgan fingerprint density at radius 3 is 2.33 bits per heavy atom. The van der Waals surface area contributed by atoms with Gasteiger partial charge in [0.1, 0.15) is 0 Å². The first-order chi connectivity index (χ1) is 13.1. The van der Waals surface area contributed by atoms with Crippen molar-refractivity contribution < 1.29 is 23.7 Å². The minimum atomic E-state index is -0.366. The molecule has 27 heavy (non-hydrogen) atoms. The van der Waals surface area contributed by atoms with Gasteiger partial charge in [0, 0.05) is 5.56 Å². The molecule has 8 heteroatoms. The lowest BCUT2D eigenvalue weighted by Crippen LogP contribution is -1.95. The summed E-state index contributed by atoms with van der Waals surface area (Å²) in [4.78, 5) is 8.50. The summed E-state index contributed by atoms with van der Waals surface area (Å²) in [6.07, 6.45) is 1.38. The molecule has 0 bridgehead atoms. The summed E-state index contributed by atoms with van der Waals surface area (Å²) in [5.41, 5.74) is 1.26. The number of para-hydroxylation sites is 1. The fourth-order valence-electron chi connectivity index (χ4n) is 2.42. The van der Waals surface area contributed by atoms with E-state index in [0.717, 1.165) is 0 Å². The van der Waals surface area contributed by atoms with Crippen molar-refractivity contribution >= 4 is 23.5 Å². The molecule has 2 aromatic carbocycles. The van der Waals surface area contributed by atoms with E-state index in [1.54, 1.807) is 30.3 Å². The van der Waals surface area contributed by atoms with E-state index in [9.17, 15) is 5.11 Å². The van der Waals surface area contributed by atoms with Crippen molar-refractivity contribution in [2.45, 2.75) is 0 Å². The number of rotatable bonds is 6. The monoisotopic (exact) mass is 388 g/mol. The summed E-state index contributed by atoms with van der Waals surface area (Å²) in [6.45, 7) is 0. The molecule has 0 atom stereocenters. The van der Waals surface area contributed by atoms with Crippen molar-refractivity contribution in [3.8, 4) is 34.6 Å². The van der Waals surface area contributed by atoms with Crippen LogP contribution in [0.4, 0.5) is 5.69 Å². The standard InChI is InChI=1S/C19H17ClN2O5/c1-24-15-8-11(9-16(25-2)17(15)26-3)18-22-14(19(23)27-18)10-21-13-7-5-4-6-12(13)20/h4-10,23H,1-3H3. The number of ether oxygens (including phenoxy) is 3. The van der Waals surface area contributed by atoms with E-state index in [2.05, 4.69) is 9.98 Å². The van der Waals surface area contributed by atoms with Gasteiger partial charge in [-0.25, -0.2) is 4.98 Å². The zero-order valence-electron chi connectivity index (χ0n) is 14.9. The quantitative estimate of drug-likeness (QED) is 0.626. The van der Waals surface area contributed by atoms with Gasteiger partial charge in [0.2, 0.25) is 11.6 Å². The molecule has 0 fully saturated rings. The SMILES string of the molecule is COc1cc(-c2nc(C=Nc3ccccc3Cl)c(O)o2)cc(OC)c1OC. The number of hydrogen-bond donors (Lipinski definition) is 1. The summed E-state index contributed by atoms with van der Waals surface area (Å²) in [6, 6.07) is 10.4. The molecule has 3 rings (SSSR count). The molecule has 1 N–H and O–H groups in total. The molecular weight excluding hydrogens is 372 g/mol. The molecule has 0 amide bonds. The van der Waals surface area contributed by atoms with E-state index in [-0.39, 0.29) is 17.5 Å². The maximum atomic E-state index is 10.1. The zero-order valence-corrected chi connectivity index (χ0v) is 15.6. The minimum Gasteiger partial charge on any atom is -0.493 e. The van der Waals surface area contributed by atoms with Crippen LogP contribution in [0.25, 0.3) is 11.5 Å². The van der Waals surface area contributed by atoms with Gasteiger partial charge < -0.3 is 23.7 Å². The van der Waals surface area contributed by atoms with Crippen molar-refractivity contribution in [3.63, 3.8) is 0 Å². The van der Waals surface area contributed by atoms with Gasteiger partial charge >= 0.3 is 5.95 Å². The highest BCUT2D eigenvalue weighted by Crippen LogP contribution is 2.41. The lowest BCUT2D eigenvalue weighted by molar-refractivity contribution is 0.323. The maximum absolute atomic E-state index is 10.1. The molecule has 140 valence electrons. The minimum absolute atomic E-state index is 0.165. The molecule has 0 unspecified atom stereocenters. The number of methoxy groups -OCH3 is 3. The van der Waals surface area contributed by atoms with Crippen LogP contribution in [0, 0.1) is 0 Å². The maximum Gasteiger partial charge on any atom is 0.312 e. The molecule has 0 aliphatic heterocycles. The smallest absolute Gasteiger partial charge is 0.312 e. The van der Waals surface area contributed by atoms with Gasteiger partial charge in [-0.1, -0.05) is 23.7 Å². The summed E-state index contributed by atoms with van der Waals surface area (Å²) < 4.78 is 21.3. The van der Waals surface area contributed by atoms with Gasteiger partial charge in [-0.05, 0) is 24.3 Å². The fraction of sp³-hybridized carbons (Fsp3) is 0.158. The summed E-state index contributed by atoms with van der Waals surface area (Å²) in [7, 11) is 4.53. The highest BCUT2D eigenvalue weighted by Gasteiger charge is 2.18. The molecule has 0 spiro atoms. The highest BCUT2D eigenvalue weighted by atomic mass is 35.5. The average molecular weight is 389 g/mol. The Kier molecular flexibility index (Phi) is 5.52. The Morgan fingerprint density at radius 1 is 1.07 bits per heavy atom. The van der Waals surface area contributed by atoms with Gasteiger partial charge in [-0.15, -0.1) is 0 Å². The largest absolute Gasteiger partial charge is 0.493 e. The van der Waals surface area contributed by atoms with Gasteiger partial charge in [0.15, 0.2) is 17.2 Å². The zero-order chi connectivity index (χ0) is 19.4. The van der Waals surface area contributed by atoms with Crippen LogP contribution in [0.1, 0.15) is 5.69 Å². The number of nitrogens with zero attached hydrogens (tertiary/aromatic N) is 2. The molecule has 0 saturated carbocycles. The second kappa shape index (κ2) is 8.01. The van der Waals surface area contributed by atoms with Crippen LogP contribution >= 0.6 is 11.6 Å². The van der Waals surface area contributed by atoms with Crippen LogP contribution < -0.4 is 14.2 Å². The van der Waals surface area contributed by atoms with Crippen LogP contribution in [-0.2, 0) is 0 Å². The van der Waals surface area contributed by atoms with Gasteiger partial charge in [-0.3, -0.25) is 4.99 Å². The van der Waals surface area contributed by atoms with Crippen LogP contribution in [0.3, 0.4) is 0 Å². The third-order valence-electron chi connectivity index (χ3n) is 3.72. The van der Waals surface area contributed by atoms with Crippen molar-refractivity contribution in [3.05, 3.63) is 47.1 Å². The Bertz CT molecular complexity index is 959. The van der Waals surface area contributed by atoms with Crippen molar-refractivity contribution in [2.24, 2.45) is 4.99 Å². The van der Waals surface area contributed by atoms with Crippen molar-refractivity contribution in [1.82, 2.24) is 4.98 Å². The average Bonchev–Trinajstić information content (AvgIpc) is 3.06. The fourth-order valence-corrected chi connectivity index (χ4v) is 2.61. The molecular formula is C19H17ClN2O5. The summed E-state index contributed by atoms with van der Waals surface area (Å²) in [5, 5.41) is 10.5. The van der Waals surface area contributed by atoms with Crippen molar-refractivity contribution in [2.75, 3.05) is 21.3 Å². The lowest BCUT2D eigenvalue weighted by atomic mass is 10.2. The van der Waals surface area contributed by atoms with E-state index in [0.29, 0.717) is 33.5 Å². The highest BCUT2D eigenvalue weighted by molar-refractivity contribution is 6.33. The van der Waals surface area contributed by atoms with E-state index >= 15 is 0 Å². The number of aliphatic imine (C=N–C) groups is 1. The van der Waals surface area contributed by atoms with Gasteiger partial charge in [-0.2, -0.15) is 0 Å². The first-order valence-corrected chi connectivity index (χ1v) is 8.24. The third kappa shape index (κ3) is 3.83. The molecule has 0 aliphatic carbocycles. The number of benzene rings is 2. The van der Waals surface area contributed by atoms with Crippen LogP contribution in [0.15, 0.2) is 45.8 Å². The predicted molar refractivity (Wildman–Crippen MR) is 102 cm³/mol. The first-order valence-electron chi connectivity index (χ1n) is 7.86. The molecule has 0 aliphatic rings. The number of aromatic hydroxyl groups is 1. The normalized spacial score (nSPS) is 11.0. The molecule has 1 aromatic heterocycles. The second-order valence-electron chi connectivity index (χ2n) is 5.33. The number of aromatic nitrogens is 1. The Balaban J connectivity index is 1.98. The molecule has 1 heterocycles. The van der Waals surface area contributed by atoms with Gasteiger partial charge in [0.05, 0.1) is 38.3 Å². The van der Waals surface area contributed by atoms with E-state index in [1.165, 1.54) is 27.5 Å². The predicted octanol–water partition coefficient (Wildman–Crippen LogP) is 4.48. The topological polar surface area (TPSA) is 86.3 Å². The van der Waals surface area contributed by atoms with Crippen LogP contribution in [-0.4, -0.2) is 37.6 Å². The number of oxazole rings is 1. The summed E-state index contributed by atoms with van der Waals surface area (Å²) in [5.74, 6) is 1.13. The third-order valence-corrected chi connectivity index (χ3v) is 4.04. The van der Waals surface area contributed by atoms with Crippen molar-refractivity contribution in [1.29, 1.82) is 0 Å². The number of hydrogen-bond acceptors (Lipinski definition) is 7. The van der Waals surface area contributed by atoms with Gasteiger partial charge in [0.25, 0.3) is 0 Å². The van der Waals surface area contributed by atoms with E-state index in [1.807, 2.05) is 6.07 Å². The molecule has 0 saturated heterocycles. The number of halogens is 1. The van der Waals surface area contributed by atoms with Crippen LogP contribution in [0.5, 0.6) is 23.2 Å². The van der Waals surface area contributed by atoms with E-state index in [4.69, 9.17) is 30.2 Å². The van der Waals surface area contributed by atoms with E-state index < -0.39 is 0 Å².